The van der Waals surface area contributed by atoms with E-state index in [2.05, 4.69) is 9.71 Å². The lowest BCUT2D eigenvalue weighted by atomic mass is 10.2. The Bertz CT molecular complexity index is 1310. The maximum absolute atomic E-state index is 13.2. The van der Waals surface area contributed by atoms with E-state index in [9.17, 15) is 13.2 Å². The zero-order chi connectivity index (χ0) is 23.6. The Morgan fingerprint density at radius 2 is 1.91 bits per heavy atom. The number of benzene rings is 2. The summed E-state index contributed by atoms with van der Waals surface area (Å²) in [5.41, 5.74) is 1.42. The summed E-state index contributed by atoms with van der Waals surface area (Å²) in [6.45, 7) is 0. The van der Waals surface area contributed by atoms with Crippen molar-refractivity contribution in [2.75, 3.05) is 18.9 Å². The van der Waals surface area contributed by atoms with Crippen LogP contribution in [0.2, 0.25) is 0 Å². The Kier molecular flexibility index (Phi) is 6.10. The van der Waals surface area contributed by atoms with Crippen molar-refractivity contribution in [1.29, 1.82) is 0 Å². The van der Waals surface area contributed by atoms with Crippen LogP contribution >= 0.6 is 0 Å². The molecule has 0 bridgehead atoms. The fourth-order valence-electron chi connectivity index (χ4n) is 3.27. The summed E-state index contributed by atoms with van der Waals surface area (Å²) in [7, 11) is -1.41. The molecular weight excluding hydrogens is 448 g/mol. The van der Waals surface area contributed by atoms with E-state index < -0.39 is 16.0 Å². The Balaban J connectivity index is 1.62. The van der Waals surface area contributed by atoms with Gasteiger partial charge in [-0.15, -0.1) is 0 Å². The number of carboxylic acid groups (broad SMARTS) is 1. The number of sulfonamides is 1. The predicted molar refractivity (Wildman–Crippen MR) is 121 cm³/mol. The fraction of sp³-hybridized carbons (Fsp3) is 0.217. The molecule has 0 unspecified atom stereocenters. The molecule has 1 aliphatic carbocycles. The molecule has 2 N–H and O–H groups in total. The number of hydrogen-bond acceptors (Lipinski definition) is 7. The van der Waals surface area contributed by atoms with Gasteiger partial charge in [-0.2, -0.15) is 0 Å². The number of oxazole rings is 1. The second-order valence-electron chi connectivity index (χ2n) is 7.45. The van der Waals surface area contributed by atoms with E-state index in [1.165, 1.54) is 32.4 Å². The molecule has 0 saturated heterocycles. The van der Waals surface area contributed by atoms with E-state index in [4.69, 9.17) is 19.0 Å². The molecule has 10 heteroatoms. The van der Waals surface area contributed by atoms with E-state index in [0.717, 1.165) is 30.4 Å². The number of nitrogens with one attached hydrogen (secondary N) is 1. The van der Waals surface area contributed by atoms with Gasteiger partial charge in [0.2, 0.25) is 0 Å². The maximum atomic E-state index is 13.2. The molecule has 1 fully saturated rings. The lowest BCUT2D eigenvalue weighted by Gasteiger charge is -2.15. The smallest absolute Gasteiger partial charge is 0.328 e. The van der Waals surface area contributed by atoms with Crippen LogP contribution in [0.1, 0.15) is 30.2 Å². The van der Waals surface area contributed by atoms with Gasteiger partial charge in [0.05, 0.1) is 20.4 Å². The quantitative estimate of drug-likeness (QED) is 0.447. The van der Waals surface area contributed by atoms with Crippen molar-refractivity contribution in [3.8, 4) is 22.8 Å². The Labute approximate surface area is 190 Å². The molecular formula is C23H22N2O7S. The normalized spacial score (nSPS) is 13.8. The molecule has 1 aromatic heterocycles. The molecule has 1 aliphatic rings. The van der Waals surface area contributed by atoms with E-state index in [1.807, 2.05) is 0 Å². The van der Waals surface area contributed by atoms with Crippen molar-refractivity contribution in [2.45, 2.75) is 23.7 Å². The minimum atomic E-state index is -4.10. The van der Waals surface area contributed by atoms with Gasteiger partial charge in [0.1, 0.15) is 4.90 Å². The first-order valence-electron chi connectivity index (χ1n) is 10.1. The minimum absolute atomic E-state index is 0.00311. The van der Waals surface area contributed by atoms with Crippen LogP contribution in [0.15, 0.2) is 58.0 Å². The predicted octanol–water partition coefficient (Wildman–Crippen LogP) is 4.13. The van der Waals surface area contributed by atoms with Crippen molar-refractivity contribution in [2.24, 2.45) is 0 Å². The number of ether oxygens (including phenoxy) is 2. The van der Waals surface area contributed by atoms with E-state index in [1.54, 1.807) is 30.5 Å². The Morgan fingerprint density at radius 1 is 1.18 bits per heavy atom. The van der Waals surface area contributed by atoms with Gasteiger partial charge in [-0.1, -0.05) is 0 Å². The van der Waals surface area contributed by atoms with Gasteiger partial charge in [0, 0.05) is 23.2 Å². The van der Waals surface area contributed by atoms with Crippen molar-refractivity contribution in [1.82, 2.24) is 4.98 Å². The van der Waals surface area contributed by atoms with Crippen LogP contribution in [-0.4, -0.2) is 38.7 Å². The molecule has 1 saturated carbocycles. The van der Waals surface area contributed by atoms with E-state index in [-0.39, 0.29) is 16.4 Å². The molecule has 0 radical (unpaired) electrons. The lowest BCUT2D eigenvalue weighted by Crippen LogP contribution is -2.14. The summed E-state index contributed by atoms with van der Waals surface area (Å²) in [4.78, 5) is 15.0. The van der Waals surface area contributed by atoms with Gasteiger partial charge in [0.15, 0.2) is 23.1 Å². The number of nitrogens with zero attached hydrogens (tertiary/aromatic N) is 1. The molecule has 2 aromatic carbocycles. The summed E-state index contributed by atoms with van der Waals surface area (Å²) in [5.74, 6) is 0.741. The third kappa shape index (κ3) is 5.01. The number of aromatic nitrogens is 1. The molecule has 0 aliphatic heterocycles. The standard InChI is InChI=1S/C23H22N2O7S/c1-30-18-11-14(3-10-21(26)27)12-20(22(18)31-2)33(28,29)25-17-8-6-15(7-9-17)19-13-24-23(32-19)16-4-5-16/h3,6-13,16,25H,4-5H2,1-2H3,(H,26,27)/b10-3+. The van der Waals surface area contributed by atoms with Crippen LogP contribution in [-0.2, 0) is 14.8 Å². The van der Waals surface area contributed by atoms with E-state index >= 15 is 0 Å². The average Bonchev–Trinajstić information content (AvgIpc) is 3.53. The molecule has 1 heterocycles. The molecule has 0 spiro atoms. The summed E-state index contributed by atoms with van der Waals surface area (Å²) in [6.07, 6.45) is 6.01. The maximum Gasteiger partial charge on any atom is 0.328 e. The highest BCUT2D eigenvalue weighted by molar-refractivity contribution is 7.92. The number of aliphatic carboxylic acids is 1. The summed E-state index contributed by atoms with van der Waals surface area (Å²) >= 11 is 0. The molecule has 0 amide bonds. The van der Waals surface area contributed by atoms with Gasteiger partial charge in [-0.25, -0.2) is 18.2 Å². The number of carbonyl (C=O) groups is 1. The SMILES string of the molecule is COc1cc(/C=C/C(=O)O)cc(S(=O)(=O)Nc2ccc(-c3cnc(C4CC4)o3)cc2)c1OC. The number of carboxylic acids is 1. The highest BCUT2D eigenvalue weighted by atomic mass is 32.2. The zero-order valence-electron chi connectivity index (χ0n) is 17.9. The van der Waals surface area contributed by atoms with Crippen LogP contribution in [0.3, 0.4) is 0 Å². The zero-order valence-corrected chi connectivity index (χ0v) is 18.8. The molecule has 33 heavy (non-hydrogen) atoms. The summed E-state index contributed by atoms with van der Waals surface area (Å²) in [6, 6.07) is 9.50. The first-order valence-corrected chi connectivity index (χ1v) is 11.5. The van der Waals surface area contributed by atoms with Crippen molar-refractivity contribution in [3.05, 3.63) is 60.1 Å². The topological polar surface area (TPSA) is 128 Å². The van der Waals surface area contributed by atoms with E-state index in [0.29, 0.717) is 22.9 Å². The van der Waals surface area contributed by atoms with Gasteiger partial charge in [-0.3, -0.25) is 4.72 Å². The first-order chi connectivity index (χ1) is 15.8. The van der Waals surface area contributed by atoms with Crippen molar-refractivity contribution in [3.63, 3.8) is 0 Å². The van der Waals surface area contributed by atoms with Gasteiger partial charge in [-0.05, 0) is 60.9 Å². The highest BCUT2D eigenvalue weighted by Gasteiger charge is 2.28. The molecule has 4 rings (SSSR count). The number of hydrogen-bond donors (Lipinski definition) is 2. The number of methoxy groups -OCH3 is 2. The Hall–Kier alpha value is -3.79. The second-order valence-corrected chi connectivity index (χ2v) is 9.10. The van der Waals surface area contributed by atoms with Gasteiger partial charge < -0.3 is 19.0 Å². The number of rotatable bonds is 9. The lowest BCUT2D eigenvalue weighted by molar-refractivity contribution is -0.131. The minimum Gasteiger partial charge on any atom is -0.493 e. The van der Waals surface area contributed by atoms with Crippen molar-refractivity contribution < 1.29 is 32.2 Å². The largest absolute Gasteiger partial charge is 0.493 e. The van der Waals surface area contributed by atoms with Crippen LogP contribution in [0, 0.1) is 0 Å². The molecule has 0 atom stereocenters. The van der Waals surface area contributed by atoms with Crippen LogP contribution in [0.25, 0.3) is 17.4 Å². The number of anilines is 1. The molecule has 3 aromatic rings. The monoisotopic (exact) mass is 470 g/mol. The fourth-order valence-corrected chi connectivity index (χ4v) is 4.54. The highest BCUT2D eigenvalue weighted by Crippen LogP contribution is 2.41. The third-order valence-electron chi connectivity index (χ3n) is 5.05. The first kappa shape index (κ1) is 22.4. The Morgan fingerprint density at radius 3 is 2.52 bits per heavy atom. The molecule has 172 valence electrons. The second kappa shape index (κ2) is 8.99. The summed E-state index contributed by atoms with van der Waals surface area (Å²) < 4.78 is 45.1. The van der Waals surface area contributed by atoms with Crippen LogP contribution in [0.5, 0.6) is 11.5 Å². The third-order valence-corrected chi connectivity index (χ3v) is 6.43. The van der Waals surface area contributed by atoms with Gasteiger partial charge in [0.25, 0.3) is 10.0 Å². The van der Waals surface area contributed by atoms with Gasteiger partial charge >= 0.3 is 5.97 Å². The summed E-state index contributed by atoms with van der Waals surface area (Å²) in [5, 5.41) is 8.88. The average molecular weight is 471 g/mol. The molecule has 9 nitrogen and oxygen atoms in total. The van der Waals surface area contributed by atoms with Crippen LogP contribution in [0.4, 0.5) is 5.69 Å². The van der Waals surface area contributed by atoms with Crippen LogP contribution < -0.4 is 14.2 Å². The van der Waals surface area contributed by atoms with Crippen molar-refractivity contribution >= 4 is 27.8 Å².